The van der Waals surface area contributed by atoms with Gasteiger partial charge in [-0.25, -0.2) is 0 Å². The van der Waals surface area contributed by atoms with Crippen LogP contribution in [0.15, 0.2) is 54.7 Å². The zero-order valence-electron chi connectivity index (χ0n) is 36.6. The molecule has 3 saturated heterocycles. The standard InChI is InChI=1S/C48H62N8O8/c1-28(49)41-46(63)55-24-10-16-38(55)45(62)56-37-15-6-2-11-30(37)26-39(56)44(61)51-35(14-5-7-17-40(58)29-18-20-32(57)21-19-29)43(60)54-48(22-8-9-23-48)47(64)52-36(42(59)53-41)25-31-27-50-34-13-4-3-12-33(31)34/h3-4,12-13,18-21,27-28,30,35-39,41,50,57H,2,5-11,14-17,22-26,49H2,1H3,(H,51,61)(H,52,64)(H,53,59)(H,54,60)/t28?,30-,35-,36-,37-,38+,39-,41-/m0/s1. The van der Waals surface area contributed by atoms with Gasteiger partial charge in [-0.1, -0.05) is 50.3 Å². The normalized spacial score (nSPS) is 28.4. The molecule has 0 bridgehead atoms. The summed E-state index contributed by atoms with van der Waals surface area (Å²) in [4.78, 5) is 108. The third-order valence-electron chi connectivity index (χ3n) is 14.5. The average molecular weight is 879 g/mol. The number of unbranched alkanes of at least 4 members (excludes halogenated alkanes) is 1. The van der Waals surface area contributed by atoms with Crippen molar-refractivity contribution in [3.05, 3.63) is 65.9 Å². The van der Waals surface area contributed by atoms with Crippen molar-refractivity contribution in [3.63, 3.8) is 0 Å². The fourth-order valence-electron chi connectivity index (χ4n) is 11.0. The van der Waals surface area contributed by atoms with Gasteiger partial charge in [0, 0.05) is 54.1 Å². The molecule has 2 saturated carbocycles. The molecule has 2 aliphatic carbocycles. The summed E-state index contributed by atoms with van der Waals surface area (Å²) < 4.78 is 0. The predicted octanol–water partition coefficient (Wildman–Crippen LogP) is 3.25. The molecule has 8 atom stereocenters. The molecule has 3 aliphatic heterocycles. The molecule has 1 aromatic heterocycles. The van der Waals surface area contributed by atoms with Crippen molar-refractivity contribution >= 4 is 52.1 Å². The van der Waals surface area contributed by atoms with Gasteiger partial charge in [0.15, 0.2) is 5.78 Å². The van der Waals surface area contributed by atoms with Crippen LogP contribution in [-0.2, 0) is 35.2 Å². The number of aromatic nitrogens is 1. The maximum Gasteiger partial charge on any atom is 0.247 e. The molecule has 1 unspecified atom stereocenters. The van der Waals surface area contributed by atoms with Crippen LogP contribution in [0.2, 0.25) is 0 Å². The Hall–Kier alpha value is -5.77. The molecule has 8 N–H and O–H groups in total. The number of rotatable bonds is 9. The number of nitrogens with zero attached hydrogens (tertiary/aromatic N) is 2. The maximum atomic E-state index is 14.9. The number of carbonyl (C=O) groups is 7. The first-order valence-corrected chi connectivity index (χ1v) is 23.3. The van der Waals surface area contributed by atoms with Gasteiger partial charge < -0.3 is 46.9 Å². The number of hydrogen-bond donors (Lipinski definition) is 7. The number of aromatic hydroxyl groups is 1. The highest BCUT2D eigenvalue weighted by Gasteiger charge is 2.52. The van der Waals surface area contributed by atoms with E-state index < -0.39 is 71.3 Å². The lowest BCUT2D eigenvalue weighted by atomic mass is 9.84. The number of hydrogen-bond acceptors (Lipinski definition) is 9. The zero-order valence-corrected chi connectivity index (χ0v) is 36.6. The second kappa shape index (κ2) is 19.1. The highest BCUT2D eigenvalue weighted by molar-refractivity contribution is 6.00. The van der Waals surface area contributed by atoms with Crippen molar-refractivity contribution in [3.8, 4) is 5.75 Å². The number of fused-ring (bicyclic) bond motifs is 5. The average Bonchev–Trinajstić information content (AvgIpc) is 4.12. The van der Waals surface area contributed by atoms with E-state index >= 15 is 0 Å². The van der Waals surface area contributed by atoms with E-state index in [9.17, 15) is 38.7 Å². The number of H-pyrrole nitrogens is 1. The summed E-state index contributed by atoms with van der Waals surface area (Å²) in [5.41, 5.74) is 7.10. The molecular weight excluding hydrogens is 817 g/mol. The van der Waals surface area contributed by atoms with Gasteiger partial charge in [-0.15, -0.1) is 0 Å². The fraction of sp³-hybridized carbons (Fsp3) is 0.562. The number of Topliss-reactive ketones (excluding diaryl/α,β-unsaturated/α-hetero) is 1. The maximum absolute atomic E-state index is 14.9. The third-order valence-corrected chi connectivity index (χ3v) is 14.5. The van der Waals surface area contributed by atoms with Crippen LogP contribution in [0.4, 0.5) is 0 Å². The van der Waals surface area contributed by atoms with Crippen LogP contribution in [0.5, 0.6) is 5.75 Å². The summed E-state index contributed by atoms with van der Waals surface area (Å²) in [6.45, 7) is 1.89. The van der Waals surface area contributed by atoms with Gasteiger partial charge in [0.2, 0.25) is 35.4 Å². The molecule has 8 rings (SSSR count). The van der Waals surface area contributed by atoms with Gasteiger partial charge >= 0.3 is 0 Å². The Bertz CT molecular complexity index is 2250. The van der Waals surface area contributed by atoms with Crippen LogP contribution in [0.1, 0.15) is 119 Å². The number of nitrogens with one attached hydrogen (secondary N) is 5. The van der Waals surface area contributed by atoms with E-state index in [1.54, 1.807) is 30.2 Å². The number of ketones is 1. The molecule has 16 nitrogen and oxygen atoms in total. The van der Waals surface area contributed by atoms with E-state index in [0.717, 1.165) is 35.7 Å². The minimum Gasteiger partial charge on any atom is -0.508 e. The summed E-state index contributed by atoms with van der Waals surface area (Å²) in [5.74, 6) is -3.03. The fourth-order valence-corrected chi connectivity index (χ4v) is 11.0. The molecule has 5 fully saturated rings. The van der Waals surface area contributed by atoms with Crippen molar-refractivity contribution in [2.24, 2.45) is 11.7 Å². The number of carbonyl (C=O) groups excluding carboxylic acids is 7. The van der Waals surface area contributed by atoms with Crippen LogP contribution >= 0.6 is 0 Å². The predicted molar refractivity (Wildman–Crippen MR) is 237 cm³/mol. The molecular formula is C48H62N8O8. The van der Waals surface area contributed by atoms with E-state index in [2.05, 4.69) is 26.3 Å². The van der Waals surface area contributed by atoms with E-state index in [0.29, 0.717) is 69.8 Å². The van der Waals surface area contributed by atoms with Gasteiger partial charge in [-0.2, -0.15) is 0 Å². The summed E-state index contributed by atoms with van der Waals surface area (Å²) in [7, 11) is 0. The number of benzene rings is 2. The molecule has 5 aliphatic rings. The topological polar surface area (TPSA) is 236 Å². The Balaban J connectivity index is 1.13. The quantitative estimate of drug-likeness (QED) is 0.123. The van der Waals surface area contributed by atoms with Crippen molar-refractivity contribution < 1.29 is 38.7 Å². The first-order valence-electron chi connectivity index (χ1n) is 23.3. The van der Waals surface area contributed by atoms with Gasteiger partial charge in [-0.05, 0) is 107 Å². The van der Waals surface area contributed by atoms with E-state index in [4.69, 9.17) is 5.73 Å². The molecule has 6 amide bonds. The highest BCUT2D eigenvalue weighted by atomic mass is 16.3. The zero-order chi connectivity index (χ0) is 45.1. The van der Waals surface area contributed by atoms with E-state index in [1.165, 1.54) is 17.0 Å². The van der Waals surface area contributed by atoms with Crippen molar-refractivity contribution in [1.29, 1.82) is 0 Å². The highest BCUT2D eigenvalue weighted by Crippen LogP contribution is 2.41. The smallest absolute Gasteiger partial charge is 0.247 e. The number of aromatic amines is 1. The summed E-state index contributed by atoms with van der Waals surface area (Å²) in [6.07, 6.45) is 9.55. The van der Waals surface area contributed by atoms with Gasteiger partial charge in [0.1, 0.15) is 41.5 Å². The van der Waals surface area contributed by atoms with Crippen molar-refractivity contribution in [2.75, 3.05) is 6.54 Å². The third kappa shape index (κ3) is 9.24. The van der Waals surface area contributed by atoms with Crippen LogP contribution < -0.4 is 27.0 Å². The van der Waals surface area contributed by atoms with Gasteiger partial charge in [0.25, 0.3) is 0 Å². The molecule has 0 radical (unpaired) electrons. The molecule has 4 heterocycles. The Kier molecular flexibility index (Phi) is 13.4. The minimum atomic E-state index is -1.41. The second-order valence-corrected chi connectivity index (χ2v) is 18.8. The monoisotopic (exact) mass is 878 g/mol. The van der Waals surface area contributed by atoms with Gasteiger partial charge in [0.05, 0.1) is 0 Å². The van der Waals surface area contributed by atoms with Crippen LogP contribution in [0.25, 0.3) is 10.9 Å². The first kappa shape index (κ1) is 44.8. The van der Waals surface area contributed by atoms with Crippen molar-refractivity contribution in [2.45, 2.75) is 157 Å². The Morgan fingerprint density at radius 2 is 1.56 bits per heavy atom. The molecule has 16 heteroatoms. The SMILES string of the molecule is CC(N)[C@@H]1NC(=O)[C@H](Cc2c[nH]c3ccccc23)NC(=O)C2(CCCC2)NC(=O)[C@H](CCCCC(=O)c2ccc(O)cc2)NC(=O)[C@@H]2C[C@@H]3CCCC[C@@H]3N2C(=O)[C@H]2CCCN2C1=O. The molecule has 1 spiro atoms. The Morgan fingerprint density at radius 3 is 2.33 bits per heavy atom. The Labute approximate surface area is 373 Å². The van der Waals surface area contributed by atoms with E-state index in [-0.39, 0.29) is 55.2 Å². The Morgan fingerprint density at radius 1 is 0.812 bits per heavy atom. The molecule has 3 aromatic rings. The minimum absolute atomic E-state index is 0.0523. The lowest BCUT2D eigenvalue weighted by Crippen LogP contribution is -2.66. The van der Waals surface area contributed by atoms with E-state index in [1.807, 2.05) is 24.3 Å². The molecule has 342 valence electrons. The van der Waals surface area contributed by atoms with Crippen LogP contribution in [0, 0.1) is 5.92 Å². The number of amides is 6. The van der Waals surface area contributed by atoms with Crippen LogP contribution in [0.3, 0.4) is 0 Å². The number of nitrogens with two attached hydrogens (primary N) is 1. The lowest BCUT2D eigenvalue weighted by molar-refractivity contribution is -0.150. The van der Waals surface area contributed by atoms with Gasteiger partial charge in [-0.3, -0.25) is 33.6 Å². The van der Waals surface area contributed by atoms with Crippen LogP contribution in [-0.4, -0.2) is 115 Å². The number of phenols is 1. The summed E-state index contributed by atoms with van der Waals surface area (Å²) in [5, 5.41) is 22.5. The summed E-state index contributed by atoms with van der Waals surface area (Å²) >= 11 is 0. The first-order chi connectivity index (χ1) is 30.8. The lowest BCUT2D eigenvalue weighted by Gasteiger charge is -2.38. The van der Waals surface area contributed by atoms with Crippen molar-refractivity contribution in [1.82, 2.24) is 36.1 Å². The molecule has 2 aromatic carbocycles. The number of phenolic OH excluding ortho intramolecular Hbond substituents is 1. The molecule has 64 heavy (non-hydrogen) atoms. The summed E-state index contributed by atoms with van der Waals surface area (Å²) in [6, 6.07) is 7.24. The number of para-hydroxylation sites is 1. The largest absolute Gasteiger partial charge is 0.508 e. The second-order valence-electron chi connectivity index (χ2n) is 18.8.